The maximum absolute atomic E-state index is 4.79. The predicted octanol–water partition coefficient (Wildman–Crippen LogP) is 8.34. The van der Waals surface area contributed by atoms with Gasteiger partial charge in [-0.25, -0.2) is 0 Å². The van der Waals surface area contributed by atoms with Crippen molar-refractivity contribution in [3.63, 3.8) is 0 Å². The number of hydrogen-bond donors (Lipinski definition) is 0. The molecule has 3 aromatic rings. The molecule has 148 valence electrons. The number of nitrogens with zero attached hydrogens (tertiary/aromatic N) is 2. The average molecular weight is 562 g/mol. The molecule has 6 heteroatoms. The van der Waals surface area contributed by atoms with Gasteiger partial charge in [-0.1, -0.05) is 36.4 Å². The quantitative estimate of drug-likeness (QED) is 0.226. The molecule has 0 atom stereocenters. The summed E-state index contributed by atoms with van der Waals surface area (Å²) in [5.74, 6) is 0. The molecular formula is C22H22Br2FeN2S. The van der Waals surface area contributed by atoms with E-state index in [0.29, 0.717) is 0 Å². The molecule has 1 aromatic heterocycles. The number of halogens is 2. The fourth-order valence-electron chi connectivity index (χ4n) is 2.58. The van der Waals surface area contributed by atoms with Crippen LogP contribution in [0, 0.1) is 13.8 Å². The second-order valence-electron chi connectivity index (χ2n) is 6.18. The topological polar surface area (TPSA) is 24.7 Å². The molecule has 2 nitrogen and oxygen atoms in total. The third-order valence-corrected chi connectivity index (χ3v) is 5.43. The van der Waals surface area contributed by atoms with Crippen molar-refractivity contribution >= 4 is 62.4 Å². The van der Waals surface area contributed by atoms with Crippen LogP contribution in [-0.4, -0.2) is 11.4 Å². The van der Waals surface area contributed by atoms with Gasteiger partial charge in [0.1, 0.15) is 0 Å². The molecule has 0 N–H and O–H groups in total. The van der Waals surface area contributed by atoms with E-state index < -0.39 is 0 Å². The third kappa shape index (κ3) is 6.78. The molecule has 0 fully saturated rings. The van der Waals surface area contributed by atoms with Gasteiger partial charge in [0.15, 0.2) is 0 Å². The van der Waals surface area contributed by atoms with E-state index in [2.05, 4.69) is 92.3 Å². The Morgan fingerprint density at radius 3 is 1.43 bits per heavy atom. The molecule has 0 amide bonds. The van der Waals surface area contributed by atoms with Crippen LogP contribution in [0.25, 0.3) is 0 Å². The van der Waals surface area contributed by atoms with Gasteiger partial charge in [-0.15, -0.1) is 11.3 Å². The molecule has 28 heavy (non-hydrogen) atoms. The van der Waals surface area contributed by atoms with E-state index in [1.165, 1.54) is 20.9 Å². The van der Waals surface area contributed by atoms with Crippen LogP contribution in [0.5, 0.6) is 0 Å². The first-order valence-corrected chi connectivity index (χ1v) is 14.9. The zero-order valence-corrected chi connectivity index (χ0v) is 21.3. The minimum atomic E-state index is 0.875. The first-order chi connectivity index (χ1) is 13.5. The van der Waals surface area contributed by atoms with Crippen LogP contribution in [0.15, 0.2) is 70.6 Å². The Morgan fingerprint density at radius 2 is 1.07 bits per heavy atom. The first-order valence-electron chi connectivity index (χ1n) is 8.64. The summed E-state index contributed by atoms with van der Waals surface area (Å²) in [4.78, 5) is 11.9. The van der Waals surface area contributed by atoms with Crippen LogP contribution in [0.4, 0.5) is 11.4 Å². The van der Waals surface area contributed by atoms with E-state index >= 15 is 0 Å². The number of aryl methyl sites for hydroxylation is 2. The molecule has 2 aromatic carbocycles. The number of benzene rings is 2. The summed E-state index contributed by atoms with van der Waals surface area (Å²) in [6.45, 7) is 8.31. The summed E-state index contributed by atoms with van der Waals surface area (Å²) in [6.07, 6.45) is 0. The molecule has 0 aliphatic carbocycles. The number of rotatable bonds is 4. The van der Waals surface area contributed by atoms with Gasteiger partial charge in [0.05, 0.1) is 22.8 Å². The van der Waals surface area contributed by atoms with Crippen molar-refractivity contribution in [2.45, 2.75) is 27.7 Å². The van der Waals surface area contributed by atoms with Crippen molar-refractivity contribution in [2.24, 2.45) is 9.98 Å². The molecule has 0 bridgehead atoms. The Hall–Kier alpha value is -1.04. The van der Waals surface area contributed by atoms with Crippen LogP contribution in [0.3, 0.4) is 0 Å². The van der Waals surface area contributed by atoms with E-state index in [1.54, 1.807) is 11.3 Å². The summed E-state index contributed by atoms with van der Waals surface area (Å²) in [5, 5.41) is 0. The van der Waals surface area contributed by atoms with Gasteiger partial charge in [-0.2, -0.15) is 0 Å². The summed E-state index contributed by atoms with van der Waals surface area (Å²) >= 11 is 8.74. The van der Waals surface area contributed by atoms with Gasteiger partial charge >= 0.3 is 39.6 Å². The molecular weight excluding hydrogens is 540 g/mol. The molecule has 0 aliphatic rings. The summed E-state index contributed by atoms with van der Waals surface area (Å²) in [7, 11) is 0. The van der Waals surface area contributed by atoms with E-state index in [1.807, 2.05) is 24.3 Å². The van der Waals surface area contributed by atoms with Gasteiger partial charge < -0.3 is 0 Å². The van der Waals surface area contributed by atoms with Crippen LogP contribution >= 0.6 is 39.6 Å². The predicted molar refractivity (Wildman–Crippen MR) is 128 cm³/mol. The van der Waals surface area contributed by atoms with Crippen LogP contribution in [-0.2, 0) is 11.3 Å². The monoisotopic (exact) mass is 560 g/mol. The third-order valence-electron chi connectivity index (χ3n) is 4.13. The molecule has 0 spiro atoms. The Balaban J connectivity index is 0.000000878. The summed E-state index contributed by atoms with van der Waals surface area (Å²) in [5.41, 5.74) is 6.51. The molecule has 1 heterocycles. The normalized spacial score (nSPS) is 11.9. The molecule has 0 radical (unpaired) electrons. The van der Waals surface area contributed by atoms with Gasteiger partial charge in [-0.3, -0.25) is 9.98 Å². The summed E-state index contributed by atoms with van der Waals surface area (Å²) in [6, 6.07) is 20.7. The fraction of sp³-hybridized carbons (Fsp3) is 0.182. The zero-order chi connectivity index (χ0) is 20.5. The van der Waals surface area contributed by atoms with E-state index in [9.17, 15) is 0 Å². The van der Waals surface area contributed by atoms with Crippen molar-refractivity contribution in [3.8, 4) is 0 Å². The Kier molecular flexibility index (Phi) is 9.83. The van der Waals surface area contributed by atoms with Crippen molar-refractivity contribution in [3.05, 3.63) is 81.5 Å². The minimum absolute atomic E-state index is 0.875. The van der Waals surface area contributed by atoms with Crippen molar-refractivity contribution in [1.29, 1.82) is 0 Å². The fourth-order valence-corrected chi connectivity index (χ4v) is 3.47. The Morgan fingerprint density at radius 1 is 0.714 bits per heavy atom. The number of para-hydroxylation sites is 2. The first kappa shape index (κ1) is 23.2. The van der Waals surface area contributed by atoms with E-state index in [4.69, 9.17) is 9.98 Å². The van der Waals surface area contributed by atoms with Crippen molar-refractivity contribution in [2.75, 3.05) is 0 Å². The number of aliphatic imine (C=N–C) groups is 2. The van der Waals surface area contributed by atoms with Crippen LogP contribution < -0.4 is 0 Å². The Labute approximate surface area is 191 Å². The van der Waals surface area contributed by atoms with E-state index in [-0.39, 0.29) is 0 Å². The van der Waals surface area contributed by atoms with Crippen molar-refractivity contribution in [1.82, 2.24) is 0 Å². The molecule has 0 unspecified atom stereocenters. The zero-order valence-electron chi connectivity index (χ0n) is 16.2. The molecule has 3 rings (SSSR count). The van der Waals surface area contributed by atoms with Crippen molar-refractivity contribution < 1.29 is 11.3 Å². The second kappa shape index (κ2) is 11.8. The SMILES string of the molecule is CC(=Nc1ccccc1C)c1ccc(C(C)=Nc2ccccc2C)s1.[Br][Fe][Br]. The number of hydrogen-bond acceptors (Lipinski definition) is 3. The average Bonchev–Trinajstić information content (AvgIpc) is 3.17. The Bertz CT molecular complexity index is 904. The standard InChI is InChI=1S/C22H22N2S.2BrH.Fe/c1-15-9-5-7-11-19(15)23-17(3)21-13-14-22(25-21)18(4)24-20-12-8-6-10-16(20)2;;;/h5-14H,1-4H3;2*1H;/q;;;+2/p-2. The molecule has 0 saturated carbocycles. The maximum atomic E-state index is 4.79. The number of thiophene rings is 1. The van der Waals surface area contributed by atoms with Gasteiger partial charge in [0, 0.05) is 9.75 Å². The van der Waals surface area contributed by atoms with Gasteiger partial charge in [-0.05, 0) is 63.1 Å². The van der Waals surface area contributed by atoms with E-state index in [0.717, 1.165) is 34.1 Å². The second-order valence-corrected chi connectivity index (χ2v) is 12.8. The van der Waals surface area contributed by atoms with Crippen LogP contribution in [0.2, 0.25) is 0 Å². The van der Waals surface area contributed by atoms with Gasteiger partial charge in [0.25, 0.3) is 0 Å². The summed E-state index contributed by atoms with van der Waals surface area (Å²) < 4.78 is 0. The molecule has 0 saturated heterocycles. The van der Waals surface area contributed by atoms with Gasteiger partial charge in [0.2, 0.25) is 0 Å². The van der Waals surface area contributed by atoms with Crippen LogP contribution in [0.1, 0.15) is 34.7 Å². The molecule has 0 aliphatic heterocycles.